The predicted octanol–water partition coefficient (Wildman–Crippen LogP) is 4.39. The van der Waals surface area contributed by atoms with Crippen molar-refractivity contribution >= 4 is 23.0 Å². The van der Waals surface area contributed by atoms with Gasteiger partial charge in [0.1, 0.15) is 17.2 Å². The number of nitrogens with one attached hydrogen (secondary N) is 1. The molecule has 0 unspecified atom stereocenters. The van der Waals surface area contributed by atoms with Gasteiger partial charge in [-0.15, -0.1) is 0 Å². The van der Waals surface area contributed by atoms with Crippen molar-refractivity contribution in [3.8, 4) is 0 Å². The molecule has 0 amide bonds. The van der Waals surface area contributed by atoms with Gasteiger partial charge >= 0.3 is 0 Å². The quantitative estimate of drug-likeness (QED) is 0.658. The van der Waals surface area contributed by atoms with Gasteiger partial charge in [0.05, 0.1) is 5.69 Å². The zero-order chi connectivity index (χ0) is 13.1. The molecule has 1 heterocycles. The molecule has 0 aliphatic carbocycles. The Morgan fingerprint density at radius 3 is 2.61 bits per heavy atom. The normalized spacial score (nSPS) is 11.7. The molecule has 0 spiro atoms. The Balaban J connectivity index is 2.12. The second-order valence-electron chi connectivity index (χ2n) is 4.18. The lowest BCUT2D eigenvalue weighted by molar-refractivity contribution is 0.525. The molecule has 1 N–H and O–H groups in total. The molecule has 3 nitrogen and oxygen atoms in total. The van der Waals surface area contributed by atoms with Crippen molar-refractivity contribution in [2.45, 2.75) is 20.8 Å². The van der Waals surface area contributed by atoms with Crippen LogP contribution in [0.15, 0.2) is 39.9 Å². The van der Waals surface area contributed by atoms with Crippen molar-refractivity contribution in [3.05, 3.63) is 52.4 Å². The van der Waals surface area contributed by atoms with E-state index in [1.54, 1.807) is 0 Å². The van der Waals surface area contributed by atoms with E-state index in [0.717, 1.165) is 33.5 Å². The molecule has 0 radical (unpaired) electrons. The van der Waals surface area contributed by atoms with Crippen molar-refractivity contribution in [2.75, 3.05) is 5.43 Å². The molecule has 4 heteroatoms. The number of hydrogen-bond donors (Lipinski definition) is 1. The minimum atomic E-state index is 0.724. The first-order valence-electron chi connectivity index (χ1n) is 5.69. The maximum Gasteiger partial charge on any atom is 0.149 e. The third kappa shape index (κ3) is 2.93. The van der Waals surface area contributed by atoms with Crippen molar-refractivity contribution in [1.29, 1.82) is 0 Å². The first kappa shape index (κ1) is 12.7. The standard InChI is InChI=1S/C14H15ClN2O/c1-9-4-6-12(8-13(9)15)17-16-11(3)14-7-5-10(2)18-14/h4-8,17H,1-3H3/b16-11-. The molecule has 0 atom stereocenters. The van der Waals surface area contributed by atoms with Gasteiger partial charge in [0.2, 0.25) is 0 Å². The Bertz CT molecular complexity index is 587. The minimum Gasteiger partial charge on any atom is -0.460 e. The van der Waals surface area contributed by atoms with Crippen LogP contribution < -0.4 is 5.43 Å². The minimum absolute atomic E-state index is 0.724. The van der Waals surface area contributed by atoms with E-state index in [1.165, 1.54) is 0 Å². The molecule has 0 saturated carbocycles. The summed E-state index contributed by atoms with van der Waals surface area (Å²) in [6, 6.07) is 9.55. The summed E-state index contributed by atoms with van der Waals surface area (Å²) < 4.78 is 5.48. The third-order valence-electron chi connectivity index (χ3n) is 2.62. The van der Waals surface area contributed by atoms with Crippen LogP contribution in [0.1, 0.15) is 24.0 Å². The van der Waals surface area contributed by atoms with Crippen LogP contribution >= 0.6 is 11.6 Å². The molecule has 0 aliphatic rings. The Hall–Kier alpha value is -1.74. The summed E-state index contributed by atoms with van der Waals surface area (Å²) in [6.07, 6.45) is 0. The van der Waals surface area contributed by atoms with E-state index in [2.05, 4.69) is 10.5 Å². The Labute approximate surface area is 111 Å². The predicted molar refractivity (Wildman–Crippen MR) is 75.5 cm³/mol. The maximum atomic E-state index is 6.04. The molecule has 2 rings (SSSR count). The fourth-order valence-electron chi connectivity index (χ4n) is 1.49. The molecule has 2 aromatic rings. The summed E-state index contributed by atoms with van der Waals surface area (Å²) in [5, 5.41) is 4.99. The van der Waals surface area contributed by atoms with Gasteiger partial charge in [0.25, 0.3) is 0 Å². The van der Waals surface area contributed by atoms with Crippen LogP contribution in [0, 0.1) is 13.8 Å². The fraction of sp³-hybridized carbons (Fsp3) is 0.214. The van der Waals surface area contributed by atoms with Crippen molar-refractivity contribution in [2.24, 2.45) is 5.10 Å². The summed E-state index contributed by atoms with van der Waals surface area (Å²) in [5.41, 5.74) is 5.66. The highest BCUT2D eigenvalue weighted by atomic mass is 35.5. The molecular formula is C14H15ClN2O. The van der Waals surface area contributed by atoms with Gasteiger partial charge in [-0.25, -0.2) is 0 Å². The van der Waals surface area contributed by atoms with Gasteiger partial charge in [-0.3, -0.25) is 5.43 Å². The lowest BCUT2D eigenvalue weighted by atomic mass is 10.2. The summed E-state index contributed by atoms with van der Waals surface area (Å²) in [4.78, 5) is 0. The molecule has 1 aromatic carbocycles. The van der Waals surface area contributed by atoms with Gasteiger partial charge in [0, 0.05) is 5.02 Å². The number of rotatable bonds is 3. The SMILES string of the molecule is C/C(=N/Nc1ccc(C)c(Cl)c1)c1ccc(C)o1. The summed E-state index contributed by atoms with van der Waals surface area (Å²) in [6.45, 7) is 5.76. The van der Waals surface area contributed by atoms with E-state index in [-0.39, 0.29) is 0 Å². The fourth-order valence-corrected chi connectivity index (χ4v) is 1.68. The second-order valence-corrected chi connectivity index (χ2v) is 4.59. The zero-order valence-corrected chi connectivity index (χ0v) is 11.4. The summed E-state index contributed by atoms with van der Waals surface area (Å²) in [7, 11) is 0. The number of aryl methyl sites for hydroxylation is 2. The maximum absolute atomic E-state index is 6.04. The van der Waals surface area contributed by atoms with Crippen molar-refractivity contribution < 1.29 is 4.42 Å². The number of nitrogens with zero attached hydrogens (tertiary/aromatic N) is 1. The van der Waals surface area contributed by atoms with Gasteiger partial charge in [0.15, 0.2) is 0 Å². The van der Waals surface area contributed by atoms with Crippen LogP contribution in [0.5, 0.6) is 0 Å². The summed E-state index contributed by atoms with van der Waals surface area (Å²) >= 11 is 6.04. The monoisotopic (exact) mass is 262 g/mol. The van der Waals surface area contributed by atoms with E-state index < -0.39 is 0 Å². The van der Waals surface area contributed by atoms with Gasteiger partial charge < -0.3 is 4.42 Å². The molecule has 1 aromatic heterocycles. The average molecular weight is 263 g/mol. The lowest BCUT2D eigenvalue weighted by Gasteiger charge is -2.04. The number of furan rings is 1. The third-order valence-corrected chi connectivity index (χ3v) is 3.03. The lowest BCUT2D eigenvalue weighted by Crippen LogP contribution is -1.98. The Morgan fingerprint density at radius 1 is 1.22 bits per heavy atom. The average Bonchev–Trinajstić information content (AvgIpc) is 2.77. The van der Waals surface area contributed by atoms with Crippen molar-refractivity contribution in [3.63, 3.8) is 0 Å². The Kier molecular flexibility index (Phi) is 3.72. The van der Waals surface area contributed by atoms with Crippen LogP contribution in [0.3, 0.4) is 0 Å². The van der Waals surface area contributed by atoms with E-state index in [9.17, 15) is 0 Å². The summed E-state index contributed by atoms with van der Waals surface area (Å²) in [5.74, 6) is 1.64. The second kappa shape index (κ2) is 5.27. The number of hydrogen-bond acceptors (Lipinski definition) is 3. The first-order valence-corrected chi connectivity index (χ1v) is 6.07. The zero-order valence-electron chi connectivity index (χ0n) is 10.6. The molecule has 18 heavy (non-hydrogen) atoms. The van der Waals surface area contributed by atoms with Crippen LogP contribution in [-0.4, -0.2) is 5.71 Å². The number of benzene rings is 1. The highest BCUT2D eigenvalue weighted by molar-refractivity contribution is 6.31. The topological polar surface area (TPSA) is 37.5 Å². The van der Waals surface area contributed by atoms with Gasteiger partial charge in [-0.2, -0.15) is 5.10 Å². The highest BCUT2D eigenvalue weighted by Gasteiger charge is 2.02. The first-order chi connectivity index (χ1) is 8.56. The van der Waals surface area contributed by atoms with Gasteiger partial charge in [-0.1, -0.05) is 17.7 Å². The Morgan fingerprint density at radius 2 is 2.00 bits per heavy atom. The van der Waals surface area contributed by atoms with Crippen LogP contribution in [0.25, 0.3) is 0 Å². The molecule has 94 valence electrons. The molecular weight excluding hydrogens is 248 g/mol. The van der Waals surface area contributed by atoms with E-state index >= 15 is 0 Å². The van der Waals surface area contributed by atoms with Crippen LogP contribution in [0.2, 0.25) is 5.02 Å². The molecule has 0 aliphatic heterocycles. The number of hydrazone groups is 1. The number of halogens is 1. The van der Waals surface area contributed by atoms with E-state index in [4.69, 9.17) is 16.0 Å². The van der Waals surface area contributed by atoms with Crippen LogP contribution in [0.4, 0.5) is 5.69 Å². The highest BCUT2D eigenvalue weighted by Crippen LogP contribution is 2.20. The largest absolute Gasteiger partial charge is 0.460 e. The number of anilines is 1. The van der Waals surface area contributed by atoms with E-state index in [1.807, 2.05) is 51.1 Å². The smallest absolute Gasteiger partial charge is 0.149 e. The van der Waals surface area contributed by atoms with Crippen LogP contribution in [-0.2, 0) is 0 Å². The van der Waals surface area contributed by atoms with Crippen molar-refractivity contribution in [1.82, 2.24) is 0 Å². The molecule has 0 saturated heterocycles. The molecule has 0 fully saturated rings. The van der Waals surface area contributed by atoms with Gasteiger partial charge in [-0.05, 0) is 50.6 Å². The molecule has 0 bridgehead atoms. The van der Waals surface area contributed by atoms with E-state index in [0.29, 0.717) is 0 Å².